The molecular formula is C19H19N3S. The second kappa shape index (κ2) is 6.42. The summed E-state index contributed by atoms with van der Waals surface area (Å²) in [5, 5.41) is 1.04. The summed E-state index contributed by atoms with van der Waals surface area (Å²) in [7, 11) is 2.06. The molecule has 0 saturated heterocycles. The van der Waals surface area contributed by atoms with E-state index in [2.05, 4.69) is 61.7 Å². The van der Waals surface area contributed by atoms with E-state index >= 15 is 0 Å². The van der Waals surface area contributed by atoms with Crippen LogP contribution in [0, 0.1) is 0 Å². The van der Waals surface area contributed by atoms with Crippen molar-refractivity contribution in [3.63, 3.8) is 0 Å². The molecule has 3 nitrogen and oxygen atoms in total. The molecule has 3 rings (SSSR count). The van der Waals surface area contributed by atoms with Crippen molar-refractivity contribution in [1.29, 1.82) is 0 Å². The molecule has 4 heteroatoms. The summed E-state index contributed by atoms with van der Waals surface area (Å²) in [6, 6.07) is 6.03. The van der Waals surface area contributed by atoms with Gasteiger partial charge >= 0.3 is 0 Å². The molecular weight excluding hydrogens is 302 g/mol. The number of aromatic nitrogens is 2. The molecule has 2 aromatic heterocycles. The molecule has 2 aromatic rings. The number of allylic oxidation sites excluding steroid dienone is 5. The summed E-state index contributed by atoms with van der Waals surface area (Å²) >= 11 is 1.68. The van der Waals surface area contributed by atoms with Gasteiger partial charge in [-0.15, -0.1) is 0 Å². The van der Waals surface area contributed by atoms with Gasteiger partial charge in [-0.3, -0.25) is 4.98 Å². The summed E-state index contributed by atoms with van der Waals surface area (Å²) in [5.41, 5.74) is 4.07. The Morgan fingerprint density at radius 2 is 1.96 bits per heavy atom. The van der Waals surface area contributed by atoms with Gasteiger partial charge in [0.2, 0.25) is 0 Å². The predicted molar refractivity (Wildman–Crippen MR) is 99.5 cm³/mol. The highest BCUT2D eigenvalue weighted by atomic mass is 32.2. The van der Waals surface area contributed by atoms with Gasteiger partial charge in [-0.2, -0.15) is 0 Å². The van der Waals surface area contributed by atoms with E-state index in [1.165, 1.54) is 4.91 Å². The zero-order valence-electron chi connectivity index (χ0n) is 13.6. The fourth-order valence-electron chi connectivity index (χ4n) is 2.41. The van der Waals surface area contributed by atoms with Gasteiger partial charge < -0.3 is 4.90 Å². The minimum Gasteiger partial charge on any atom is -0.347 e. The average Bonchev–Trinajstić information content (AvgIpc) is 2.60. The molecule has 1 aliphatic heterocycles. The van der Waals surface area contributed by atoms with E-state index < -0.39 is 0 Å². The number of fused-ring (bicyclic) bond motifs is 1. The monoisotopic (exact) mass is 321 g/mol. The van der Waals surface area contributed by atoms with E-state index in [0.29, 0.717) is 0 Å². The zero-order chi connectivity index (χ0) is 16.4. The fraction of sp³-hybridized carbons (Fsp3) is 0.158. The Labute approximate surface area is 141 Å². The highest BCUT2D eigenvalue weighted by molar-refractivity contribution is 8.06. The van der Waals surface area contributed by atoms with Crippen molar-refractivity contribution in [2.45, 2.75) is 13.8 Å². The molecule has 0 radical (unpaired) electrons. The summed E-state index contributed by atoms with van der Waals surface area (Å²) in [6.45, 7) is 8.36. The predicted octanol–water partition coefficient (Wildman–Crippen LogP) is 4.97. The molecule has 116 valence electrons. The highest BCUT2D eigenvalue weighted by Gasteiger charge is 2.13. The van der Waals surface area contributed by atoms with Gasteiger partial charge in [0.1, 0.15) is 0 Å². The number of pyridine rings is 2. The van der Waals surface area contributed by atoms with Crippen molar-refractivity contribution in [3.05, 3.63) is 76.6 Å². The Hall–Kier alpha value is -2.33. The number of thioether (sulfide) groups is 1. The third-order valence-electron chi connectivity index (χ3n) is 3.79. The van der Waals surface area contributed by atoms with Crippen LogP contribution in [-0.2, 0) is 0 Å². The van der Waals surface area contributed by atoms with Crippen LogP contribution in [0.5, 0.6) is 0 Å². The van der Waals surface area contributed by atoms with Gasteiger partial charge in [0.25, 0.3) is 0 Å². The summed E-state index contributed by atoms with van der Waals surface area (Å²) in [6.07, 6.45) is 9.95. The van der Waals surface area contributed by atoms with Gasteiger partial charge in [0.05, 0.1) is 16.9 Å². The van der Waals surface area contributed by atoms with Gasteiger partial charge in [-0.25, -0.2) is 4.98 Å². The first kappa shape index (κ1) is 15.6. The van der Waals surface area contributed by atoms with Crippen LogP contribution in [0.4, 0.5) is 0 Å². The van der Waals surface area contributed by atoms with Gasteiger partial charge in [0.15, 0.2) is 0 Å². The lowest BCUT2D eigenvalue weighted by molar-refractivity contribution is 0.595. The molecule has 23 heavy (non-hydrogen) atoms. The van der Waals surface area contributed by atoms with E-state index in [9.17, 15) is 0 Å². The van der Waals surface area contributed by atoms with Crippen LogP contribution < -0.4 is 0 Å². The molecule has 1 aliphatic rings. The first-order valence-electron chi connectivity index (χ1n) is 7.43. The topological polar surface area (TPSA) is 29.0 Å². The van der Waals surface area contributed by atoms with Crippen LogP contribution in [0.15, 0.2) is 70.9 Å². The normalized spacial score (nSPS) is 20.7. The largest absolute Gasteiger partial charge is 0.347 e. The van der Waals surface area contributed by atoms with E-state index in [0.717, 1.165) is 32.9 Å². The molecule has 0 unspecified atom stereocenters. The SMILES string of the molecule is C=C1/C=C(/c2ccc3cnccc3n2)N(C)C(C)=C/C=C(\C)S1. The molecule has 0 saturated carbocycles. The highest BCUT2D eigenvalue weighted by Crippen LogP contribution is 2.31. The molecule has 0 atom stereocenters. The third kappa shape index (κ3) is 3.37. The van der Waals surface area contributed by atoms with Crippen molar-refractivity contribution < 1.29 is 0 Å². The Balaban J connectivity index is 2.12. The average molecular weight is 321 g/mol. The molecule has 0 spiro atoms. The van der Waals surface area contributed by atoms with Crippen LogP contribution in [0.3, 0.4) is 0 Å². The van der Waals surface area contributed by atoms with Crippen LogP contribution in [-0.4, -0.2) is 21.9 Å². The lowest BCUT2D eigenvalue weighted by Gasteiger charge is -2.23. The Kier molecular flexibility index (Phi) is 4.35. The molecule has 0 bridgehead atoms. The number of nitrogens with zero attached hydrogens (tertiary/aromatic N) is 3. The standard InChI is InChI=1S/C19H19N3S/c1-13-5-6-14(2)23-15(3)11-19(22(13)4)18-8-7-16-12-20-10-9-17(16)21-18/h5-12H,3H2,1-2,4H3/b13-5?,14-6+,19-11-. The fourth-order valence-corrected chi connectivity index (χ4v) is 3.13. The van der Waals surface area contributed by atoms with Crippen molar-refractivity contribution in [3.8, 4) is 0 Å². The van der Waals surface area contributed by atoms with Crippen molar-refractivity contribution >= 4 is 28.4 Å². The number of hydrogen-bond acceptors (Lipinski definition) is 4. The molecule has 0 aliphatic carbocycles. The van der Waals surface area contributed by atoms with Crippen molar-refractivity contribution in [1.82, 2.24) is 14.9 Å². The smallest absolute Gasteiger partial charge is 0.0874 e. The first-order chi connectivity index (χ1) is 11.0. The van der Waals surface area contributed by atoms with Crippen molar-refractivity contribution in [2.24, 2.45) is 0 Å². The van der Waals surface area contributed by atoms with Gasteiger partial charge in [-0.05, 0) is 49.1 Å². The molecule has 0 N–H and O–H groups in total. The minimum absolute atomic E-state index is 0.931. The second-order valence-corrected chi connectivity index (χ2v) is 6.88. The van der Waals surface area contributed by atoms with Crippen LogP contribution in [0.2, 0.25) is 0 Å². The summed E-state index contributed by atoms with van der Waals surface area (Å²) in [4.78, 5) is 13.3. The number of hydrogen-bond donors (Lipinski definition) is 0. The maximum atomic E-state index is 4.80. The number of rotatable bonds is 1. The summed E-state index contributed by atoms with van der Waals surface area (Å²) in [5.74, 6) is 0. The van der Waals surface area contributed by atoms with E-state index in [4.69, 9.17) is 4.98 Å². The van der Waals surface area contributed by atoms with Crippen LogP contribution >= 0.6 is 11.8 Å². The van der Waals surface area contributed by atoms with E-state index in [1.54, 1.807) is 18.0 Å². The maximum absolute atomic E-state index is 4.80. The Morgan fingerprint density at radius 3 is 2.78 bits per heavy atom. The lowest BCUT2D eigenvalue weighted by Crippen LogP contribution is -2.15. The van der Waals surface area contributed by atoms with E-state index in [-0.39, 0.29) is 0 Å². The van der Waals surface area contributed by atoms with E-state index in [1.807, 2.05) is 18.3 Å². The van der Waals surface area contributed by atoms with Crippen molar-refractivity contribution in [2.75, 3.05) is 7.05 Å². The quantitative estimate of drug-likeness (QED) is 0.741. The minimum atomic E-state index is 0.931. The first-order valence-corrected chi connectivity index (χ1v) is 8.25. The van der Waals surface area contributed by atoms with Crippen LogP contribution in [0.25, 0.3) is 16.6 Å². The lowest BCUT2D eigenvalue weighted by atomic mass is 10.2. The zero-order valence-corrected chi connectivity index (χ0v) is 14.4. The molecule has 0 fully saturated rings. The maximum Gasteiger partial charge on any atom is 0.0874 e. The molecule has 0 aromatic carbocycles. The summed E-state index contributed by atoms with van der Waals surface area (Å²) < 4.78 is 0. The van der Waals surface area contributed by atoms with Gasteiger partial charge in [-0.1, -0.05) is 24.4 Å². The van der Waals surface area contributed by atoms with Gasteiger partial charge in [0, 0.05) is 35.4 Å². The molecule has 3 heterocycles. The Morgan fingerprint density at radius 1 is 1.13 bits per heavy atom. The van der Waals surface area contributed by atoms with Crippen LogP contribution in [0.1, 0.15) is 19.5 Å². The third-order valence-corrected chi connectivity index (χ3v) is 4.63. The second-order valence-electron chi connectivity index (χ2n) is 5.51. The molecule has 0 amide bonds. The Bertz CT molecular complexity index is 862.